The Morgan fingerprint density at radius 2 is 2.06 bits per heavy atom. The Balaban J connectivity index is 1.90. The molecule has 1 heterocycles. The molecule has 96 valence electrons. The van der Waals surface area contributed by atoms with E-state index in [-0.39, 0.29) is 5.75 Å². The number of halogens is 2. The first-order valence-corrected chi connectivity index (χ1v) is 5.15. The summed E-state index contributed by atoms with van der Waals surface area (Å²) in [6.45, 7) is -2.41. The summed E-state index contributed by atoms with van der Waals surface area (Å²) in [5, 5.41) is 14.5. The number of nitrogens with one attached hydrogen (secondary N) is 1. The van der Waals surface area contributed by atoms with E-state index in [0.29, 0.717) is 12.4 Å². The lowest BCUT2D eigenvalue weighted by Gasteiger charge is -2.06. The fraction of sp³-hybridized carbons (Fsp3) is 0.300. The normalized spacial score (nSPS) is 10.7. The molecule has 0 spiro atoms. The number of benzene rings is 1. The molecule has 0 bridgehead atoms. The molecule has 2 rings (SSSR count). The second-order valence-corrected chi connectivity index (χ2v) is 3.45. The highest BCUT2D eigenvalue weighted by Gasteiger charge is 2.04. The lowest BCUT2D eigenvalue weighted by Crippen LogP contribution is -2.03. The van der Waals surface area contributed by atoms with Gasteiger partial charge in [0.25, 0.3) is 0 Å². The third-order valence-corrected chi connectivity index (χ3v) is 2.08. The van der Waals surface area contributed by atoms with Crippen LogP contribution in [0.15, 0.2) is 24.3 Å². The van der Waals surface area contributed by atoms with E-state index in [2.05, 4.69) is 25.5 Å². The Kier molecular flexibility index (Phi) is 3.66. The molecule has 8 heteroatoms. The van der Waals surface area contributed by atoms with E-state index in [1.165, 1.54) is 16.9 Å². The molecule has 0 atom stereocenters. The summed E-state index contributed by atoms with van der Waals surface area (Å²) in [5.41, 5.74) is 0.754. The number of ether oxygens (including phenoxy) is 1. The van der Waals surface area contributed by atoms with E-state index in [4.69, 9.17) is 0 Å². The first-order chi connectivity index (χ1) is 8.63. The van der Waals surface area contributed by atoms with Gasteiger partial charge in [-0.1, -0.05) is 0 Å². The van der Waals surface area contributed by atoms with Gasteiger partial charge in [-0.05, 0) is 29.5 Å². The number of aryl methyl sites for hydroxylation is 1. The molecular formula is C10H11F2N5O. The number of alkyl halides is 2. The highest BCUT2D eigenvalue weighted by Crippen LogP contribution is 2.17. The van der Waals surface area contributed by atoms with Crippen molar-refractivity contribution in [2.24, 2.45) is 7.05 Å². The number of hydrogen-bond donors (Lipinski definition) is 1. The van der Waals surface area contributed by atoms with E-state index in [1.54, 1.807) is 19.2 Å². The van der Waals surface area contributed by atoms with Crippen molar-refractivity contribution in [2.45, 2.75) is 13.2 Å². The number of anilines is 1. The molecule has 0 amide bonds. The molecule has 1 aromatic carbocycles. The number of rotatable bonds is 5. The van der Waals surface area contributed by atoms with Crippen molar-refractivity contribution in [2.75, 3.05) is 5.32 Å². The minimum atomic E-state index is -2.81. The van der Waals surface area contributed by atoms with Crippen LogP contribution in [0.1, 0.15) is 5.82 Å². The molecule has 0 saturated carbocycles. The fourth-order valence-electron chi connectivity index (χ4n) is 1.33. The van der Waals surface area contributed by atoms with E-state index < -0.39 is 6.61 Å². The molecule has 18 heavy (non-hydrogen) atoms. The zero-order valence-corrected chi connectivity index (χ0v) is 9.55. The van der Waals surface area contributed by atoms with Gasteiger partial charge in [0.05, 0.1) is 13.6 Å². The number of tetrazole rings is 1. The summed E-state index contributed by atoms with van der Waals surface area (Å²) < 4.78 is 28.1. The highest BCUT2D eigenvalue weighted by molar-refractivity contribution is 5.46. The van der Waals surface area contributed by atoms with E-state index >= 15 is 0 Å². The molecule has 6 nitrogen and oxygen atoms in total. The zero-order valence-electron chi connectivity index (χ0n) is 9.55. The van der Waals surface area contributed by atoms with Gasteiger partial charge in [0.1, 0.15) is 5.75 Å². The van der Waals surface area contributed by atoms with Crippen molar-refractivity contribution in [3.63, 3.8) is 0 Å². The largest absolute Gasteiger partial charge is 0.435 e. The molecule has 0 aliphatic rings. The van der Waals surface area contributed by atoms with Crippen molar-refractivity contribution in [1.29, 1.82) is 0 Å². The van der Waals surface area contributed by atoms with Crippen LogP contribution in [0.2, 0.25) is 0 Å². The van der Waals surface area contributed by atoms with Crippen molar-refractivity contribution in [1.82, 2.24) is 20.2 Å². The van der Waals surface area contributed by atoms with Crippen LogP contribution in [0.5, 0.6) is 5.75 Å². The molecule has 1 aromatic heterocycles. The third-order valence-electron chi connectivity index (χ3n) is 2.08. The van der Waals surface area contributed by atoms with Crippen LogP contribution in [-0.4, -0.2) is 26.8 Å². The maximum absolute atomic E-state index is 11.9. The van der Waals surface area contributed by atoms with Crippen LogP contribution in [-0.2, 0) is 13.6 Å². The number of nitrogens with zero attached hydrogens (tertiary/aromatic N) is 4. The second kappa shape index (κ2) is 5.39. The first kappa shape index (κ1) is 12.2. The van der Waals surface area contributed by atoms with Gasteiger partial charge in [-0.15, -0.1) is 10.2 Å². The second-order valence-electron chi connectivity index (χ2n) is 3.45. The van der Waals surface area contributed by atoms with Gasteiger partial charge in [-0.3, -0.25) is 0 Å². The number of hydrogen-bond acceptors (Lipinski definition) is 5. The average Bonchev–Trinajstić information content (AvgIpc) is 2.74. The quantitative estimate of drug-likeness (QED) is 0.875. The SMILES string of the molecule is Cn1nnc(CNc2ccc(OC(F)F)cc2)n1. The molecule has 2 aromatic rings. The summed E-state index contributed by atoms with van der Waals surface area (Å²) in [6, 6.07) is 6.18. The number of aromatic nitrogens is 4. The van der Waals surface area contributed by atoms with Crippen LogP contribution in [0, 0.1) is 0 Å². The minimum Gasteiger partial charge on any atom is -0.435 e. The van der Waals surface area contributed by atoms with Gasteiger partial charge in [0, 0.05) is 5.69 Å². The van der Waals surface area contributed by atoms with Crippen LogP contribution in [0.3, 0.4) is 0 Å². The molecule has 0 fully saturated rings. The Morgan fingerprint density at radius 1 is 1.33 bits per heavy atom. The van der Waals surface area contributed by atoms with Gasteiger partial charge < -0.3 is 10.1 Å². The summed E-state index contributed by atoms with van der Waals surface area (Å²) in [7, 11) is 1.67. The molecule has 0 saturated heterocycles. The van der Waals surface area contributed by atoms with Gasteiger partial charge in [-0.25, -0.2) is 0 Å². The molecule has 0 aliphatic heterocycles. The lowest BCUT2D eigenvalue weighted by atomic mass is 10.3. The van der Waals surface area contributed by atoms with Crippen LogP contribution < -0.4 is 10.1 Å². The smallest absolute Gasteiger partial charge is 0.387 e. The maximum atomic E-state index is 11.9. The zero-order chi connectivity index (χ0) is 13.0. The minimum absolute atomic E-state index is 0.119. The Hall–Kier alpha value is -2.25. The van der Waals surface area contributed by atoms with Crippen LogP contribution >= 0.6 is 0 Å². The first-order valence-electron chi connectivity index (χ1n) is 5.15. The van der Waals surface area contributed by atoms with Gasteiger partial charge in [0.15, 0.2) is 5.82 Å². The summed E-state index contributed by atoms with van der Waals surface area (Å²) in [4.78, 5) is 1.36. The fourth-order valence-corrected chi connectivity index (χ4v) is 1.33. The standard InChI is InChI=1S/C10H11F2N5O/c1-17-15-9(14-16-17)6-13-7-2-4-8(5-3-7)18-10(11)12/h2-5,10,13H,6H2,1H3. The van der Waals surface area contributed by atoms with Gasteiger partial charge in [-0.2, -0.15) is 13.6 Å². The molecule has 0 aliphatic carbocycles. The monoisotopic (exact) mass is 255 g/mol. The van der Waals surface area contributed by atoms with Gasteiger partial charge >= 0.3 is 6.61 Å². The van der Waals surface area contributed by atoms with Gasteiger partial charge in [0.2, 0.25) is 0 Å². The van der Waals surface area contributed by atoms with E-state index in [0.717, 1.165) is 5.69 Å². The van der Waals surface area contributed by atoms with Crippen molar-refractivity contribution in [3.05, 3.63) is 30.1 Å². The summed E-state index contributed by atoms with van der Waals surface area (Å²) >= 11 is 0. The molecule has 1 N–H and O–H groups in total. The Morgan fingerprint density at radius 3 is 2.61 bits per heavy atom. The molecular weight excluding hydrogens is 244 g/mol. The third kappa shape index (κ3) is 3.37. The van der Waals surface area contributed by atoms with Crippen molar-refractivity contribution in [3.8, 4) is 5.75 Å². The lowest BCUT2D eigenvalue weighted by molar-refractivity contribution is -0.0498. The van der Waals surface area contributed by atoms with E-state index in [1.807, 2.05) is 0 Å². The average molecular weight is 255 g/mol. The predicted octanol–water partition coefficient (Wildman–Crippen LogP) is 1.42. The summed E-state index contributed by atoms with van der Waals surface area (Å²) in [5.74, 6) is 0.665. The predicted molar refractivity (Wildman–Crippen MR) is 59.2 cm³/mol. The van der Waals surface area contributed by atoms with Crippen molar-refractivity contribution >= 4 is 5.69 Å². The van der Waals surface area contributed by atoms with Crippen LogP contribution in [0.25, 0.3) is 0 Å². The Labute approximate surface area is 102 Å². The molecule has 0 radical (unpaired) electrons. The van der Waals surface area contributed by atoms with Crippen molar-refractivity contribution < 1.29 is 13.5 Å². The highest BCUT2D eigenvalue weighted by atomic mass is 19.3. The topological polar surface area (TPSA) is 64.9 Å². The molecule has 0 unspecified atom stereocenters. The Bertz CT molecular complexity index is 499. The summed E-state index contributed by atoms with van der Waals surface area (Å²) in [6.07, 6.45) is 0. The van der Waals surface area contributed by atoms with Crippen LogP contribution in [0.4, 0.5) is 14.5 Å². The maximum Gasteiger partial charge on any atom is 0.387 e. The van der Waals surface area contributed by atoms with E-state index in [9.17, 15) is 8.78 Å².